The minimum atomic E-state index is -1.32. The molecule has 0 saturated heterocycles. The molecule has 0 aliphatic heterocycles. The molecule has 0 aromatic heterocycles. The molecule has 0 aliphatic rings. The van der Waals surface area contributed by atoms with Crippen LogP contribution in [0.15, 0.2) is 48.5 Å². The predicted octanol–water partition coefficient (Wildman–Crippen LogP) is 2.41. The van der Waals surface area contributed by atoms with Crippen molar-refractivity contribution in [1.29, 1.82) is 0 Å². The van der Waals surface area contributed by atoms with E-state index in [1.165, 1.54) is 64.1 Å². The topological polar surface area (TPSA) is 158 Å². The third-order valence-electron chi connectivity index (χ3n) is 4.52. The zero-order valence-corrected chi connectivity index (χ0v) is 21.1. The lowest BCUT2D eigenvalue weighted by atomic mass is 10.2. The van der Waals surface area contributed by atoms with Crippen molar-refractivity contribution in [2.24, 2.45) is 0 Å². The molecule has 0 heterocycles. The first-order valence-electron chi connectivity index (χ1n) is 11.3. The van der Waals surface area contributed by atoms with Crippen LogP contribution in [0.3, 0.4) is 0 Å². The molecule has 2 unspecified atom stereocenters. The van der Waals surface area contributed by atoms with Crippen LogP contribution >= 0.6 is 0 Å². The molecule has 2 rings (SSSR count). The Hall–Kier alpha value is -4.74. The van der Waals surface area contributed by atoms with Crippen molar-refractivity contribution in [2.45, 2.75) is 39.9 Å². The predicted molar refractivity (Wildman–Crippen MR) is 127 cm³/mol. The molecule has 2 atom stereocenters. The number of ether oxygens (including phenoxy) is 6. The van der Waals surface area contributed by atoms with Gasteiger partial charge in [0.05, 0.1) is 0 Å². The average Bonchev–Trinajstić information content (AvgIpc) is 2.86. The van der Waals surface area contributed by atoms with Crippen LogP contribution in [0.25, 0.3) is 0 Å². The number of para-hydroxylation sites is 2. The number of carbonyl (C=O) groups is 6. The van der Waals surface area contributed by atoms with Gasteiger partial charge in [0.2, 0.25) is 0 Å². The van der Waals surface area contributed by atoms with Crippen molar-refractivity contribution < 1.29 is 57.2 Å². The Morgan fingerprint density at radius 1 is 0.605 bits per heavy atom. The zero-order valence-electron chi connectivity index (χ0n) is 21.1. The summed E-state index contributed by atoms with van der Waals surface area (Å²) in [6, 6.07) is 11.7. The number of rotatable bonds is 11. The van der Waals surface area contributed by atoms with E-state index in [0.29, 0.717) is 0 Å². The highest BCUT2D eigenvalue weighted by Crippen LogP contribution is 2.21. The van der Waals surface area contributed by atoms with Crippen molar-refractivity contribution in [3.05, 3.63) is 59.7 Å². The molecule has 2 aromatic carbocycles. The fraction of sp³-hybridized carbons (Fsp3) is 0.308. The standard InChI is InChI=1S/C26H26O12/c1-15(35-25(31)19-9-5-7-11-21(19)37-17(3)27)23(29)33-13-14-34-24(30)16(2)36-26(32)20-10-6-8-12-22(20)38-18(4)28/h5-12,15-16H,13-14H2,1-4H3. The molecule has 0 spiro atoms. The average molecular weight is 530 g/mol. The number of carbonyl (C=O) groups excluding carboxylic acids is 6. The summed E-state index contributed by atoms with van der Waals surface area (Å²) in [7, 11) is 0. The number of hydrogen-bond acceptors (Lipinski definition) is 12. The lowest BCUT2D eigenvalue weighted by molar-refractivity contribution is -0.161. The molecule has 0 N–H and O–H groups in total. The molecule has 0 aliphatic carbocycles. The van der Waals surface area contributed by atoms with E-state index in [2.05, 4.69) is 0 Å². The van der Waals surface area contributed by atoms with Gasteiger partial charge in [-0.3, -0.25) is 9.59 Å². The maximum Gasteiger partial charge on any atom is 0.347 e. The number of esters is 6. The molecule has 12 heteroatoms. The van der Waals surface area contributed by atoms with Gasteiger partial charge < -0.3 is 28.4 Å². The fourth-order valence-corrected chi connectivity index (χ4v) is 2.82. The Bertz CT molecular complexity index is 1110. The third kappa shape index (κ3) is 9.04. The van der Waals surface area contributed by atoms with Crippen molar-refractivity contribution in [2.75, 3.05) is 13.2 Å². The van der Waals surface area contributed by atoms with Crippen molar-refractivity contribution >= 4 is 35.8 Å². The SMILES string of the molecule is CC(=O)Oc1ccccc1C(=O)OC(C)C(=O)OCCOC(=O)C(C)OC(=O)c1ccccc1OC(C)=O. The molecule has 2 aromatic rings. The second-order valence-corrected chi connectivity index (χ2v) is 7.61. The summed E-state index contributed by atoms with van der Waals surface area (Å²) in [5, 5.41) is 0. The Labute approximate surface area is 217 Å². The number of hydrogen-bond donors (Lipinski definition) is 0. The van der Waals surface area contributed by atoms with Crippen molar-refractivity contribution in [3.8, 4) is 11.5 Å². The van der Waals surface area contributed by atoms with Gasteiger partial charge in [0, 0.05) is 13.8 Å². The van der Waals surface area contributed by atoms with Gasteiger partial charge in [-0.15, -0.1) is 0 Å². The smallest absolute Gasteiger partial charge is 0.347 e. The maximum absolute atomic E-state index is 12.4. The Morgan fingerprint density at radius 2 is 0.947 bits per heavy atom. The maximum atomic E-state index is 12.4. The van der Waals surface area contributed by atoms with Crippen LogP contribution in [0.2, 0.25) is 0 Å². The highest BCUT2D eigenvalue weighted by atomic mass is 16.6. The quantitative estimate of drug-likeness (QED) is 0.181. The van der Waals surface area contributed by atoms with E-state index in [0.717, 1.165) is 0 Å². The van der Waals surface area contributed by atoms with E-state index in [-0.39, 0.29) is 35.8 Å². The molecule has 0 bridgehead atoms. The Kier molecular flexibility index (Phi) is 11.0. The minimum absolute atomic E-state index is 0.0258. The van der Waals surface area contributed by atoms with E-state index in [9.17, 15) is 28.8 Å². The summed E-state index contributed by atoms with van der Waals surface area (Å²) < 4.78 is 29.9. The van der Waals surface area contributed by atoms with Crippen molar-refractivity contribution in [1.82, 2.24) is 0 Å². The molecule has 0 radical (unpaired) electrons. The molecule has 202 valence electrons. The summed E-state index contributed by atoms with van der Waals surface area (Å²) in [5.41, 5.74) is -0.120. The van der Waals surface area contributed by atoms with E-state index in [4.69, 9.17) is 28.4 Å². The van der Waals surface area contributed by atoms with Crippen LogP contribution in [-0.2, 0) is 38.1 Å². The largest absolute Gasteiger partial charge is 0.459 e. The highest BCUT2D eigenvalue weighted by molar-refractivity contribution is 5.95. The first-order valence-corrected chi connectivity index (χ1v) is 11.3. The molecule has 0 fully saturated rings. The Balaban J connectivity index is 1.79. The van der Waals surface area contributed by atoms with Crippen LogP contribution < -0.4 is 9.47 Å². The first kappa shape index (κ1) is 29.5. The summed E-state index contributed by atoms with van der Waals surface area (Å²) in [4.78, 5) is 71.4. The normalized spacial score (nSPS) is 11.8. The van der Waals surface area contributed by atoms with Gasteiger partial charge in [0.1, 0.15) is 35.8 Å². The van der Waals surface area contributed by atoms with E-state index in [1.807, 2.05) is 0 Å². The van der Waals surface area contributed by atoms with Crippen LogP contribution in [-0.4, -0.2) is 61.2 Å². The summed E-state index contributed by atoms with van der Waals surface area (Å²) >= 11 is 0. The van der Waals surface area contributed by atoms with Gasteiger partial charge in [0.25, 0.3) is 0 Å². The van der Waals surface area contributed by atoms with Crippen LogP contribution in [0.4, 0.5) is 0 Å². The van der Waals surface area contributed by atoms with Gasteiger partial charge in [0.15, 0.2) is 12.2 Å². The summed E-state index contributed by atoms with van der Waals surface area (Å²) in [6.45, 7) is 4.15. The lowest BCUT2D eigenvalue weighted by Crippen LogP contribution is -2.30. The van der Waals surface area contributed by atoms with Gasteiger partial charge in [-0.25, -0.2) is 19.2 Å². The van der Waals surface area contributed by atoms with Crippen LogP contribution in [0.1, 0.15) is 48.4 Å². The second kappa shape index (κ2) is 14.1. The molecular formula is C26H26O12. The minimum Gasteiger partial charge on any atom is -0.459 e. The van der Waals surface area contributed by atoms with E-state index < -0.39 is 48.0 Å². The second-order valence-electron chi connectivity index (χ2n) is 7.61. The molecule has 38 heavy (non-hydrogen) atoms. The monoisotopic (exact) mass is 530 g/mol. The Morgan fingerprint density at radius 3 is 1.29 bits per heavy atom. The van der Waals surface area contributed by atoms with Gasteiger partial charge in [-0.2, -0.15) is 0 Å². The lowest BCUT2D eigenvalue weighted by Gasteiger charge is -2.15. The van der Waals surface area contributed by atoms with Crippen LogP contribution in [0, 0.1) is 0 Å². The first-order chi connectivity index (χ1) is 18.0. The summed E-state index contributed by atoms with van der Waals surface area (Å²) in [5.74, 6) is -4.98. The van der Waals surface area contributed by atoms with Gasteiger partial charge in [-0.05, 0) is 38.1 Å². The highest BCUT2D eigenvalue weighted by Gasteiger charge is 2.25. The molecule has 0 amide bonds. The molecule has 12 nitrogen and oxygen atoms in total. The van der Waals surface area contributed by atoms with E-state index >= 15 is 0 Å². The zero-order chi connectivity index (χ0) is 28.2. The van der Waals surface area contributed by atoms with E-state index in [1.54, 1.807) is 12.1 Å². The fourth-order valence-electron chi connectivity index (χ4n) is 2.82. The van der Waals surface area contributed by atoms with Crippen molar-refractivity contribution in [3.63, 3.8) is 0 Å². The molecule has 0 saturated carbocycles. The summed E-state index contributed by atoms with van der Waals surface area (Å²) in [6.07, 6.45) is -2.64. The third-order valence-corrected chi connectivity index (χ3v) is 4.52. The van der Waals surface area contributed by atoms with Gasteiger partial charge >= 0.3 is 35.8 Å². The van der Waals surface area contributed by atoms with Crippen LogP contribution in [0.5, 0.6) is 11.5 Å². The number of benzene rings is 2. The van der Waals surface area contributed by atoms with Gasteiger partial charge in [-0.1, -0.05) is 24.3 Å². The molecular weight excluding hydrogens is 504 g/mol.